The highest BCUT2D eigenvalue weighted by Gasteiger charge is 2.48. The Labute approximate surface area is 134 Å². The van der Waals surface area contributed by atoms with E-state index in [1.165, 1.54) is 18.2 Å². The highest BCUT2D eigenvalue weighted by atomic mass is 16.7. The van der Waals surface area contributed by atoms with Crippen LogP contribution in [-0.2, 0) is 9.53 Å². The first-order valence-corrected chi connectivity index (χ1v) is 7.00. The molecule has 128 valence electrons. The lowest BCUT2D eigenvalue weighted by atomic mass is 9.99. The Kier molecular flexibility index (Phi) is 4.24. The first-order valence-electron chi connectivity index (χ1n) is 7.00. The van der Waals surface area contributed by atoms with Gasteiger partial charge in [-0.25, -0.2) is 9.59 Å². The van der Waals surface area contributed by atoms with Crippen molar-refractivity contribution >= 4 is 16.9 Å². The number of hydrogen-bond donors (Lipinski definition) is 4. The van der Waals surface area contributed by atoms with Crippen molar-refractivity contribution in [3.8, 4) is 5.75 Å². The Morgan fingerprint density at radius 2 is 1.75 bits per heavy atom. The van der Waals surface area contributed by atoms with Crippen LogP contribution in [0.4, 0.5) is 0 Å². The van der Waals surface area contributed by atoms with Crippen LogP contribution in [0.3, 0.4) is 0 Å². The normalized spacial score (nSPS) is 30.2. The Morgan fingerprint density at radius 1 is 1.04 bits per heavy atom. The molecule has 0 aliphatic carbocycles. The average molecular weight is 344 g/mol. The van der Waals surface area contributed by atoms with Gasteiger partial charge in [0.15, 0.2) is 6.10 Å². The summed E-state index contributed by atoms with van der Waals surface area (Å²) in [4.78, 5) is 22.3. The molecule has 2 aromatic rings. The molecule has 0 bridgehead atoms. The van der Waals surface area contributed by atoms with E-state index < -0.39 is 42.3 Å². The number of hydrogen-bond acceptors (Lipinski definition) is 8. The van der Waals surface area contributed by atoms with E-state index in [1.807, 2.05) is 0 Å². The fourth-order valence-corrected chi connectivity index (χ4v) is 2.40. The molecule has 9 heteroatoms. The molecule has 0 unspecified atom stereocenters. The lowest BCUT2D eigenvalue weighted by Gasteiger charge is -2.38. The Morgan fingerprint density at radius 3 is 2.46 bits per heavy atom. The number of carboxylic acid groups (broad SMARTS) is 1. The zero-order chi connectivity index (χ0) is 17.4. The van der Waals surface area contributed by atoms with E-state index in [0.29, 0.717) is 5.39 Å². The van der Waals surface area contributed by atoms with Crippen LogP contribution < -0.4 is 10.4 Å². The van der Waals surface area contributed by atoms with Crippen molar-refractivity contribution in [2.45, 2.75) is 30.7 Å². The van der Waals surface area contributed by atoms with Crippen LogP contribution in [0.1, 0.15) is 0 Å². The van der Waals surface area contributed by atoms with Crippen LogP contribution >= 0.6 is 0 Å². The minimum absolute atomic E-state index is 0.119. The molecular weight excluding hydrogens is 330 g/mol. The Bertz CT molecular complexity index is 814. The summed E-state index contributed by atoms with van der Waals surface area (Å²) in [7, 11) is 0. The second-order valence-electron chi connectivity index (χ2n) is 5.31. The second kappa shape index (κ2) is 6.21. The van der Waals surface area contributed by atoms with Gasteiger partial charge in [-0.15, -0.1) is 0 Å². The minimum atomic E-state index is -1.80. The lowest BCUT2D eigenvalue weighted by Crippen LogP contribution is -2.61. The Hall–Kier alpha value is -2.46. The molecule has 4 N–H and O–H groups in total. The van der Waals surface area contributed by atoms with Crippen molar-refractivity contribution in [1.29, 1.82) is 0 Å². The minimum Gasteiger partial charge on any atom is -0.479 e. The van der Waals surface area contributed by atoms with E-state index in [2.05, 4.69) is 0 Å². The maximum Gasteiger partial charge on any atom is 0.336 e. The number of aliphatic carboxylic acids is 1. The monoisotopic (exact) mass is 344 g/mol. The molecule has 1 aromatic heterocycles. The average Bonchev–Trinajstić information content (AvgIpc) is 2.54. The lowest BCUT2D eigenvalue weighted by molar-refractivity contribution is -0.271. The van der Waals surface area contributed by atoms with Gasteiger partial charge in [0, 0.05) is 17.5 Å². The zero-order valence-corrected chi connectivity index (χ0v) is 12.1. The summed E-state index contributed by atoms with van der Waals surface area (Å²) < 4.78 is 15.3. The van der Waals surface area contributed by atoms with Gasteiger partial charge in [0.2, 0.25) is 6.29 Å². The van der Waals surface area contributed by atoms with Gasteiger partial charge in [-0.3, -0.25) is 0 Å². The van der Waals surface area contributed by atoms with E-state index >= 15 is 0 Å². The van der Waals surface area contributed by atoms with Crippen molar-refractivity contribution in [2.75, 3.05) is 0 Å². The molecule has 1 fully saturated rings. The summed E-state index contributed by atoms with van der Waals surface area (Å²) in [6.07, 6.45) is -8.52. The van der Waals surface area contributed by atoms with Gasteiger partial charge in [-0.05, 0) is 18.2 Å². The molecule has 1 aliphatic rings. The van der Waals surface area contributed by atoms with Crippen LogP contribution in [-0.4, -0.2) is 57.1 Å². The molecule has 0 saturated carbocycles. The van der Waals surface area contributed by atoms with E-state index in [1.54, 1.807) is 12.1 Å². The summed E-state index contributed by atoms with van der Waals surface area (Å²) in [5.41, 5.74) is -0.334. The number of carboxylic acids is 1. The molecule has 1 saturated heterocycles. The third-order valence-electron chi connectivity index (χ3n) is 3.66. The number of carbonyl (C=O) groups is 1. The summed E-state index contributed by atoms with van der Waals surface area (Å²) in [5.74, 6) is -1.39. The molecule has 0 amide bonds. The fraction of sp³-hybridized carbons (Fsp3) is 0.333. The molecule has 9 nitrogen and oxygen atoms in total. The molecule has 1 aromatic carbocycles. The third kappa shape index (κ3) is 2.97. The number of benzene rings is 1. The van der Waals surface area contributed by atoms with Crippen LogP contribution in [0.2, 0.25) is 0 Å². The van der Waals surface area contributed by atoms with Gasteiger partial charge in [0.25, 0.3) is 0 Å². The summed E-state index contributed by atoms with van der Waals surface area (Å²) in [6, 6.07) is 7.25. The standard InChI is InChI=1S/C15H14O9/c16-9-4-2-6-1-3-7(5-8(6)23-9)22-15-12(19)10(17)11(18)13(24-15)14(20)21/h1-5,10-13,15,17-19H,(H,20,21)/t10-,11-,12+,13-,15+/m0/s1/i1+1,3+1,5+1,6+1,7+1,8+1. The number of ether oxygens (including phenoxy) is 2. The molecular formula is C15H14O9. The topological polar surface area (TPSA) is 147 Å². The maximum absolute atomic E-state index is 11.2. The van der Waals surface area contributed by atoms with Crippen LogP contribution in [0.5, 0.6) is 5.75 Å². The molecule has 1 aliphatic heterocycles. The SMILES string of the molecule is O=C(O)[C@H]1O[C@@H](O[13c]2[13cH][13cH][13c]3ccc(=O)o[13c]3[13cH]2)[C@H](O)[C@@H](O)[C@@H]1O. The third-order valence-corrected chi connectivity index (χ3v) is 3.66. The van der Waals surface area contributed by atoms with Crippen molar-refractivity contribution in [2.24, 2.45) is 0 Å². The van der Waals surface area contributed by atoms with Gasteiger partial charge >= 0.3 is 11.6 Å². The number of rotatable bonds is 3. The van der Waals surface area contributed by atoms with Gasteiger partial charge in [0.1, 0.15) is 29.6 Å². The zero-order valence-electron chi connectivity index (χ0n) is 12.1. The number of aliphatic hydroxyl groups excluding tert-OH is 3. The van der Waals surface area contributed by atoms with Crippen molar-refractivity contribution in [3.05, 3.63) is 40.8 Å². The van der Waals surface area contributed by atoms with Crippen molar-refractivity contribution in [3.63, 3.8) is 0 Å². The molecule has 3 rings (SSSR count). The van der Waals surface area contributed by atoms with Crippen LogP contribution in [0, 0.1) is 0 Å². The number of aliphatic hydroxyl groups is 3. The largest absolute Gasteiger partial charge is 0.479 e. The summed E-state index contributed by atoms with van der Waals surface area (Å²) >= 11 is 0. The maximum atomic E-state index is 11.2. The van der Waals surface area contributed by atoms with Gasteiger partial charge in [0.05, 0.1) is 0 Å². The van der Waals surface area contributed by atoms with E-state index in [4.69, 9.17) is 19.0 Å². The first kappa shape index (κ1) is 16.4. The smallest absolute Gasteiger partial charge is 0.336 e. The quantitative estimate of drug-likeness (QED) is 0.518. The molecule has 0 radical (unpaired) electrons. The Balaban J connectivity index is 1.86. The predicted octanol–water partition coefficient (Wildman–Crippen LogP) is -0.936. The van der Waals surface area contributed by atoms with Crippen LogP contribution in [0.15, 0.2) is 39.5 Å². The molecule has 0 spiro atoms. The van der Waals surface area contributed by atoms with Gasteiger partial charge in [-0.1, -0.05) is 0 Å². The van der Waals surface area contributed by atoms with Crippen LogP contribution in [0.25, 0.3) is 11.0 Å². The van der Waals surface area contributed by atoms with Crippen molar-refractivity contribution < 1.29 is 39.1 Å². The van der Waals surface area contributed by atoms with Gasteiger partial charge in [-0.2, -0.15) is 0 Å². The summed E-state index contributed by atoms with van der Waals surface area (Å²) in [5, 5.41) is 38.9. The second-order valence-corrected chi connectivity index (χ2v) is 5.31. The molecule has 2 heterocycles. The van der Waals surface area contributed by atoms with Gasteiger partial charge < -0.3 is 34.3 Å². The highest BCUT2D eigenvalue weighted by Crippen LogP contribution is 2.26. The van der Waals surface area contributed by atoms with E-state index in [9.17, 15) is 24.9 Å². The molecule has 24 heavy (non-hydrogen) atoms. The van der Waals surface area contributed by atoms with Crippen molar-refractivity contribution in [1.82, 2.24) is 0 Å². The number of fused-ring (bicyclic) bond motifs is 1. The summed E-state index contributed by atoms with van der Waals surface area (Å²) in [6.45, 7) is 0. The fourth-order valence-electron chi connectivity index (χ4n) is 2.40. The first-order chi connectivity index (χ1) is 11.4. The highest BCUT2D eigenvalue weighted by molar-refractivity contribution is 5.77. The predicted molar refractivity (Wildman–Crippen MR) is 77.4 cm³/mol. The van der Waals surface area contributed by atoms with E-state index in [-0.39, 0.29) is 11.3 Å². The van der Waals surface area contributed by atoms with E-state index in [0.717, 1.165) is 0 Å². The molecule has 5 atom stereocenters.